The van der Waals surface area contributed by atoms with Crippen LogP contribution in [0.5, 0.6) is 0 Å². The normalized spacial score (nSPS) is 13.8. The lowest BCUT2D eigenvalue weighted by atomic mass is 9.90. The molecule has 1 aromatic carbocycles. The van der Waals surface area contributed by atoms with Crippen LogP contribution in [0.25, 0.3) is 11.0 Å². The lowest BCUT2D eigenvalue weighted by Crippen LogP contribution is -2.52. The first-order valence-electron chi connectivity index (χ1n) is 8.50. The van der Waals surface area contributed by atoms with Crippen molar-refractivity contribution < 1.29 is 4.79 Å². The Morgan fingerprint density at radius 3 is 2.60 bits per heavy atom. The van der Waals surface area contributed by atoms with E-state index in [1.165, 1.54) is 4.57 Å². The Labute approximate surface area is 146 Å². The maximum Gasteiger partial charge on any atom is 0.316 e. The molecule has 2 aromatic rings. The first kappa shape index (κ1) is 18.9. The first-order chi connectivity index (χ1) is 11.7. The molecule has 0 spiro atoms. The molecule has 1 aromatic heterocycles. The monoisotopic (exact) mass is 346 g/mol. The summed E-state index contributed by atoms with van der Waals surface area (Å²) in [4.78, 5) is 38.8. The highest BCUT2D eigenvalue weighted by Gasteiger charge is 2.26. The fourth-order valence-corrected chi connectivity index (χ4v) is 3.17. The molecule has 0 bridgehead atoms. The zero-order valence-corrected chi connectivity index (χ0v) is 15.2. The first-order valence-corrected chi connectivity index (χ1v) is 8.50. The highest BCUT2D eigenvalue weighted by atomic mass is 16.2. The van der Waals surface area contributed by atoms with Gasteiger partial charge < -0.3 is 20.6 Å². The van der Waals surface area contributed by atoms with Crippen molar-refractivity contribution in [1.29, 1.82) is 0 Å². The molecule has 0 saturated carbocycles. The summed E-state index contributed by atoms with van der Waals surface area (Å²) in [6.45, 7) is 8.57. The van der Waals surface area contributed by atoms with Gasteiger partial charge in [-0.1, -0.05) is 13.8 Å². The van der Waals surface area contributed by atoms with Crippen LogP contribution in [0.15, 0.2) is 27.8 Å². The molecule has 0 aliphatic carbocycles. The second-order valence-electron chi connectivity index (χ2n) is 7.05. The third-order valence-corrected chi connectivity index (χ3v) is 4.28. The van der Waals surface area contributed by atoms with Gasteiger partial charge in [-0.15, -0.1) is 0 Å². The smallest absolute Gasteiger partial charge is 0.316 e. The molecule has 1 heterocycles. The molecule has 0 aliphatic heterocycles. The minimum absolute atomic E-state index is 0.259. The van der Waals surface area contributed by atoms with Crippen molar-refractivity contribution in [3.63, 3.8) is 0 Å². The quantitative estimate of drug-likeness (QED) is 0.683. The van der Waals surface area contributed by atoms with Crippen LogP contribution in [-0.4, -0.2) is 27.5 Å². The van der Waals surface area contributed by atoms with E-state index in [0.29, 0.717) is 35.6 Å². The number of carbonyl (C=O) groups excluding carboxylic acids is 1. The van der Waals surface area contributed by atoms with Crippen LogP contribution in [-0.2, 0) is 6.54 Å². The number of aromatic amines is 1. The second-order valence-corrected chi connectivity index (χ2v) is 7.05. The molecule has 0 aliphatic rings. The average Bonchev–Trinajstić information content (AvgIpc) is 2.54. The number of nitrogens with zero attached hydrogens (tertiary/aromatic N) is 1. The van der Waals surface area contributed by atoms with Crippen molar-refractivity contribution in [3.05, 3.63) is 44.5 Å². The topological polar surface area (TPSA) is 110 Å². The van der Waals surface area contributed by atoms with E-state index in [2.05, 4.69) is 24.1 Å². The van der Waals surface area contributed by atoms with Crippen LogP contribution in [0, 0.1) is 5.92 Å². The Kier molecular flexibility index (Phi) is 5.47. The van der Waals surface area contributed by atoms with Gasteiger partial charge in [0.05, 0.1) is 11.0 Å². The minimum Gasteiger partial charge on any atom is -0.346 e. The summed E-state index contributed by atoms with van der Waals surface area (Å²) in [5.74, 6) is 0.131. The van der Waals surface area contributed by atoms with Gasteiger partial charge in [0.25, 0.3) is 5.91 Å². The number of fused-ring (bicyclic) bond motifs is 1. The lowest BCUT2D eigenvalue weighted by Gasteiger charge is -2.31. The molecule has 7 heteroatoms. The number of aromatic nitrogens is 2. The standard InChI is InChI=1S/C18H26N4O3/c1-5-22-14-7-6-12(8-13(14)20-16(24)17(22)25)15(23)21-18(4,10-19)9-11(2)3/h6-8,11H,5,9-10,19H2,1-4H3,(H,20,24)(H,21,23). The largest absolute Gasteiger partial charge is 0.346 e. The van der Waals surface area contributed by atoms with Crippen LogP contribution in [0.3, 0.4) is 0 Å². The third-order valence-electron chi connectivity index (χ3n) is 4.28. The van der Waals surface area contributed by atoms with Gasteiger partial charge in [-0.2, -0.15) is 0 Å². The molecule has 0 fully saturated rings. The maximum absolute atomic E-state index is 12.6. The van der Waals surface area contributed by atoms with Gasteiger partial charge in [-0.25, -0.2) is 0 Å². The van der Waals surface area contributed by atoms with Crippen molar-refractivity contribution in [2.45, 2.75) is 46.2 Å². The number of nitrogens with one attached hydrogen (secondary N) is 2. The fourth-order valence-electron chi connectivity index (χ4n) is 3.17. The summed E-state index contributed by atoms with van der Waals surface area (Å²) in [5.41, 5.74) is 5.51. The van der Waals surface area contributed by atoms with Crippen LogP contribution >= 0.6 is 0 Å². The van der Waals surface area contributed by atoms with Gasteiger partial charge in [0.2, 0.25) is 0 Å². The Morgan fingerprint density at radius 1 is 1.36 bits per heavy atom. The van der Waals surface area contributed by atoms with Crippen molar-refractivity contribution >= 4 is 16.9 Å². The molecule has 1 amide bonds. The molecule has 1 unspecified atom stereocenters. The summed E-state index contributed by atoms with van der Waals surface area (Å²) < 4.78 is 1.39. The number of H-pyrrole nitrogens is 1. The number of aryl methyl sites for hydroxylation is 1. The molecule has 1 atom stereocenters. The number of benzene rings is 1. The average molecular weight is 346 g/mol. The Hall–Kier alpha value is -2.41. The highest BCUT2D eigenvalue weighted by molar-refractivity contribution is 5.97. The highest BCUT2D eigenvalue weighted by Crippen LogP contribution is 2.17. The van der Waals surface area contributed by atoms with E-state index in [1.54, 1.807) is 25.1 Å². The predicted molar refractivity (Wildman–Crippen MR) is 98.9 cm³/mol. The summed E-state index contributed by atoms with van der Waals surface area (Å²) in [6.07, 6.45) is 0.759. The number of rotatable bonds is 6. The van der Waals surface area contributed by atoms with Gasteiger partial charge in [0, 0.05) is 24.2 Å². The third kappa shape index (κ3) is 3.99. The lowest BCUT2D eigenvalue weighted by molar-refractivity contribution is 0.0898. The van der Waals surface area contributed by atoms with E-state index in [9.17, 15) is 14.4 Å². The van der Waals surface area contributed by atoms with Crippen LogP contribution in [0.2, 0.25) is 0 Å². The number of nitrogens with two attached hydrogens (primary N) is 1. The van der Waals surface area contributed by atoms with Crippen molar-refractivity contribution in [2.75, 3.05) is 6.54 Å². The Morgan fingerprint density at radius 2 is 2.04 bits per heavy atom. The van der Waals surface area contributed by atoms with Crippen molar-refractivity contribution in [1.82, 2.24) is 14.9 Å². The Balaban J connectivity index is 2.42. The molecular weight excluding hydrogens is 320 g/mol. The fraction of sp³-hybridized carbons (Fsp3) is 0.500. The predicted octanol–water partition coefficient (Wildman–Crippen LogP) is 1.20. The van der Waals surface area contributed by atoms with E-state index in [-0.39, 0.29) is 5.91 Å². The zero-order chi connectivity index (χ0) is 18.8. The number of amides is 1. The molecule has 25 heavy (non-hydrogen) atoms. The summed E-state index contributed by atoms with van der Waals surface area (Å²) in [7, 11) is 0. The number of hydrogen-bond donors (Lipinski definition) is 3. The van der Waals surface area contributed by atoms with Crippen LogP contribution < -0.4 is 22.2 Å². The van der Waals surface area contributed by atoms with E-state index in [0.717, 1.165) is 6.42 Å². The van der Waals surface area contributed by atoms with Crippen molar-refractivity contribution in [2.24, 2.45) is 11.7 Å². The second kappa shape index (κ2) is 7.23. The van der Waals surface area contributed by atoms with Gasteiger partial charge in [-0.05, 0) is 44.4 Å². The molecule has 136 valence electrons. The van der Waals surface area contributed by atoms with Crippen LogP contribution in [0.4, 0.5) is 0 Å². The molecule has 0 radical (unpaired) electrons. The van der Waals surface area contributed by atoms with Gasteiger partial charge in [0.15, 0.2) is 0 Å². The molecule has 0 saturated heterocycles. The number of carbonyl (C=O) groups is 1. The summed E-state index contributed by atoms with van der Waals surface area (Å²) >= 11 is 0. The van der Waals surface area contributed by atoms with E-state index < -0.39 is 16.7 Å². The molecule has 4 N–H and O–H groups in total. The van der Waals surface area contributed by atoms with Gasteiger partial charge in [0.1, 0.15) is 0 Å². The Bertz CT molecular complexity index is 897. The minimum atomic E-state index is -0.696. The zero-order valence-electron chi connectivity index (χ0n) is 15.2. The van der Waals surface area contributed by atoms with E-state index in [4.69, 9.17) is 5.73 Å². The molecular formula is C18H26N4O3. The van der Waals surface area contributed by atoms with E-state index >= 15 is 0 Å². The van der Waals surface area contributed by atoms with Crippen LogP contribution in [0.1, 0.15) is 44.5 Å². The summed E-state index contributed by atoms with van der Waals surface area (Å²) in [6, 6.07) is 4.91. The summed E-state index contributed by atoms with van der Waals surface area (Å²) in [5, 5.41) is 2.99. The van der Waals surface area contributed by atoms with Gasteiger partial charge in [-0.3, -0.25) is 14.4 Å². The van der Waals surface area contributed by atoms with Crippen molar-refractivity contribution in [3.8, 4) is 0 Å². The maximum atomic E-state index is 12.6. The number of hydrogen-bond acceptors (Lipinski definition) is 4. The SMILES string of the molecule is CCn1c(=O)c(=O)[nH]c2cc(C(=O)NC(C)(CN)CC(C)C)ccc21. The molecule has 7 nitrogen and oxygen atoms in total. The van der Waals surface area contributed by atoms with E-state index in [1.807, 2.05) is 6.92 Å². The molecule has 2 rings (SSSR count). The van der Waals surface area contributed by atoms with Gasteiger partial charge >= 0.3 is 11.1 Å².